The molecule has 4 heterocycles. The van der Waals surface area contributed by atoms with Crippen molar-refractivity contribution < 1.29 is 4.74 Å². The molecule has 3 aromatic heterocycles. The van der Waals surface area contributed by atoms with Gasteiger partial charge in [-0.15, -0.1) is 22.7 Å². The predicted octanol–water partition coefficient (Wildman–Crippen LogP) is 5.05. The molecule has 0 aromatic carbocycles. The van der Waals surface area contributed by atoms with E-state index in [9.17, 15) is 0 Å². The average Bonchev–Trinajstić information content (AvgIpc) is 3.57. The summed E-state index contributed by atoms with van der Waals surface area (Å²) >= 11 is 3.15. The third-order valence-electron chi connectivity index (χ3n) is 5.63. The zero-order valence-corrected chi connectivity index (χ0v) is 19.0. The van der Waals surface area contributed by atoms with Crippen LogP contribution >= 0.6 is 22.7 Å². The van der Waals surface area contributed by atoms with Gasteiger partial charge in [0, 0.05) is 41.7 Å². The Bertz CT molecular complexity index is 1020. The number of guanidine groups is 1. The lowest BCUT2D eigenvalue weighted by atomic mass is 10.1. The van der Waals surface area contributed by atoms with Crippen LogP contribution in [0, 0.1) is 5.92 Å². The lowest BCUT2D eigenvalue weighted by Crippen LogP contribution is -2.35. The monoisotopic (exact) mass is 454 g/mol. The number of hydrogen-bond donors (Lipinski definition) is 2. The first-order valence-electron chi connectivity index (χ1n) is 10.9. The summed E-state index contributed by atoms with van der Waals surface area (Å²) in [6.07, 6.45) is 9.49. The molecule has 2 aliphatic rings. The Kier molecular flexibility index (Phi) is 6.40. The van der Waals surface area contributed by atoms with E-state index in [-0.39, 0.29) is 0 Å². The van der Waals surface area contributed by atoms with Crippen LogP contribution in [0.5, 0.6) is 5.88 Å². The number of nitrogens with one attached hydrogen (secondary N) is 2. The third-order valence-corrected chi connectivity index (χ3v) is 7.28. The van der Waals surface area contributed by atoms with E-state index in [0.29, 0.717) is 5.88 Å². The van der Waals surface area contributed by atoms with Gasteiger partial charge < -0.3 is 15.4 Å². The third kappa shape index (κ3) is 5.22. The van der Waals surface area contributed by atoms with E-state index in [0.717, 1.165) is 71.5 Å². The summed E-state index contributed by atoms with van der Waals surface area (Å²) in [5, 5.41) is 12.3. The second kappa shape index (κ2) is 9.74. The summed E-state index contributed by atoms with van der Waals surface area (Å²) in [6.45, 7) is 2.54. The molecule has 1 saturated carbocycles. The first kappa shape index (κ1) is 20.4. The number of ether oxygens (including phenoxy) is 1. The minimum atomic E-state index is 0.688. The van der Waals surface area contributed by atoms with Gasteiger partial charge in [-0.1, -0.05) is 25.7 Å². The van der Waals surface area contributed by atoms with Crippen molar-refractivity contribution in [3.05, 3.63) is 29.1 Å². The fourth-order valence-corrected chi connectivity index (χ4v) is 5.42. The van der Waals surface area contributed by atoms with Gasteiger partial charge in [0.15, 0.2) is 11.1 Å². The van der Waals surface area contributed by atoms with E-state index in [1.165, 1.54) is 25.7 Å². The number of aromatic nitrogens is 3. The number of pyridine rings is 1. The van der Waals surface area contributed by atoms with Gasteiger partial charge in [-0.05, 0) is 24.8 Å². The van der Waals surface area contributed by atoms with Crippen LogP contribution in [0.2, 0.25) is 0 Å². The van der Waals surface area contributed by atoms with E-state index in [2.05, 4.69) is 25.6 Å². The molecular weight excluding hydrogens is 428 g/mol. The van der Waals surface area contributed by atoms with Gasteiger partial charge in [0.1, 0.15) is 16.4 Å². The van der Waals surface area contributed by atoms with Crippen LogP contribution in [-0.4, -0.2) is 40.6 Å². The van der Waals surface area contributed by atoms with E-state index in [1.54, 1.807) is 22.7 Å². The molecular formula is C22H26N6OS2. The normalized spacial score (nSPS) is 16.7. The Balaban J connectivity index is 1.18. The first-order chi connectivity index (χ1) is 15.3. The van der Waals surface area contributed by atoms with E-state index < -0.39 is 0 Å². The zero-order valence-electron chi connectivity index (χ0n) is 17.3. The maximum Gasteiger partial charge on any atom is 0.213 e. The van der Waals surface area contributed by atoms with Gasteiger partial charge in [0.25, 0.3) is 0 Å². The highest BCUT2D eigenvalue weighted by Gasteiger charge is 2.15. The molecule has 0 atom stereocenters. The van der Waals surface area contributed by atoms with E-state index in [4.69, 9.17) is 9.72 Å². The van der Waals surface area contributed by atoms with Crippen LogP contribution < -0.4 is 15.4 Å². The van der Waals surface area contributed by atoms with E-state index >= 15 is 0 Å². The maximum absolute atomic E-state index is 5.84. The Labute approximate surface area is 190 Å². The van der Waals surface area contributed by atoms with Crippen LogP contribution in [0.3, 0.4) is 0 Å². The molecule has 0 amide bonds. The molecule has 1 fully saturated rings. The number of thiazole rings is 2. The zero-order chi connectivity index (χ0) is 20.9. The Morgan fingerprint density at radius 2 is 1.94 bits per heavy atom. The number of rotatable bonds is 7. The molecule has 0 saturated heterocycles. The average molecular weight is 455 g/mol. The number of nitrogens with zero attached hydrogens (tertiary/aromatic N) is 4. The first-order valence-corrected chi connectivity index (χ1v) is 12.7. The van der Waals surface area contributed by atoms with Crippen molar-refractivity contribution in [2.75, 3.05) is 25.0 Å². The van der Waals surface area contributed by atoms with Crippen LogP contribution in [0.1, 0.15) is 38.5 Å². The SMILES string of the molecule is c1cc(OCCC2CCCC2)ncc1-c1nc(-c2csc(NC3=NCCCN3)n2)cs1. The Morgan fingerprint density at radius 1 is 1.06 bits per heavy atom. The van der Waals surface area contributed by atoms with Crippen molar-refractivity contribution in [2.24, 2.45) is 10.9 Å². The molecule has 5 rings (SSSR count). The summed E-state index contributed by atoms with van der Waals surface area (Å²) in [6, 6.07) is 3.97. The molecule has 0 spiro atoms. The molecule has 0 bridgehead atoms. The summed E-state index contributed by atoms with van der Waals surface area (Å²) < 4.78 is 5.84. The molecule has 1 aliphatic heterocycles. The fourth-order valence-electron chi connectivity index (χ4n) is 3.91. The maximum atomic E-state index is 5.84. The van der Waals surface area contributed by atoms with Gasteiger partial charge in [-0.2, -0.15) is 0 Å². The number of hydrogen-bond acceptors (Lipinski definition) is 9. The van der Waals surface area contributed by atoms with Gasteiger partial charge in [0.2, 0.25) is 5.88 Å². The smallest absolute Gasteiger partial charge is 0.213 e. The summed E-state index contributed by atoms with van der Waals surface area (Å²) in [5.74, 6) is 2.32. The largest absolute Gasteiger partial charge is 0.478 e. The van der Waals surface area contributed by atoms with Crippen LogP contribution in [0.4, 0.5) is 5.13 Å². The van der Waals surface area contributed by atoms with Crippen molar-refractivity contribution in [1.82, 2.24) is 20.3 Å². The summed E-state index contributed by atoms with van der Waals surface area (Å²) in [5.41, 5.74) is 2.74. The molecule has 0 unspecified atom stereocenters. The topological polar surface area (TPSA) is 84.3 Å². The molecule has 9 heteroatoms. The van der Waals surface area contributed by atoms with Gasteiger partial charge in [0.05, 0.1) is 6.61 Å². The van der Waals surface area contributed by atoms with Crippen LogP contribution in [0.25, 0.3) is 22.0 Å². The molecule has 0 radical (unpaired) electrons. The Hall–Kier alpha value is -2.52. The second-order valence-corrected chi connectivity index (χ2v) is 9.60. The highest BCUT2D eigenvalue weighted by molar-refractivity contribution is 7.14. The second-order valence-electron chi connectivity index (χ2n) is 7.88. The minimum Gasteiger partial charge on any atom is -0.478 e. The lowest BCUT2D eigenvalue weighted by molar-refractivity contribution is 0.270. The number of anilines is 1. The molecule has 2 N–H and O–H groups in total. The molecule has 162 valence electrons. The van der Waals surface area contributed by atoms with E-state index in [1.807, 2.05) is 29.1 Å². The summed E-state index contributed by atoms with van der Waals surface area (Å²) in [7, 11) is 0. The highest BCUT2D eigenvalue weighted by Crippen LogP contribution is 2.31. The molecule has 1 aliphatic carbocycles. The fraction of sp³-hybridized carbons (Fsp3) is 0.455. The predicted molar refractivity (Wildman–Crippen MR) is 127 cm³/mol. The van der Waals surface area contributed by atoms with Crippen molar-refractivity contribution in [3.8, 4) is 27.8 Å². The Morgan fingerprint density at radius 3 is 2.74 bits per heavy atom. The molecule has 7 nitrogen and oxygen atoms in total. The van der Waals surface area contributed by atoms with Crippen molar-refractivity contribution in [3.63, 3.8) is 0 Å². The van der Waals surface area contributed by atoms with Crippen LogP contribution in [-0.2, 0) is 0 Å². The van der Waals surface area contributed by atoms with Crippen molar-refractivity contribution in [2.45, 2.75) is 38.5 Å². The standard InChI is InChI=1S/C22H26N6OS2/c1-2-5-15(4-1)8-11-29-19-7-6-16(12-25-19)20-26-17(13-30-20)18-14-31-22(27-18)28-21-23-9-3-10-24-21/h6-7,12-15H,1-5,8-11H2,(H2,23,24,27,28). The minimum absolute atomic E-state index is 0.688. The highest BCUT2D eigenvalue weighted by atomic mass is 32.1. The van der Waals surface area contributed by atoms with Crippen molar-refractivity contribution in [1.29, 1.82) is 0 Å². The van der Waals surface area contributed by atoms with Gasteiger partial charge >= 0.3 is 0 Å². The lowest BCUT2D eigenvalue weighted by Gasteiger charge is -2.13. The number of aliphatic imine (C=N–C) groups is 1. The van der Waals surface area contributed by atoms with Crippen LogP contribution in [0.15, 0.2) is 34.1 Å². The quantitative estimate of drug-likeness (QED) is 0.520. The molecule has 31 heavy (non-hydrogen) atoms. The van der Waals surface area contributed by atoms with Gasteiger partial charge in [-0.25, -0.2) is 15.0 Å². The van der Waals surface area contributed by atoms with Crippen molar-refractivity contribution >= 4 is 33.8 Å². The molecule has 3 aromatic rings. The summed E-state index contributed by atoms with van der Waals surface area (Å²) in [4.78, 5) is 18.3. The van der Waals surface area contributed by atoms with Gasteiger partial charge in [-0.3, -0.25) is 4.99 Å².